The smallest absolute Gasteiger partial charge is 0.315 e. The van der Waals surface area contributed by atoms with Crippen LogP contribution in [0.3, 0.4) is 0 Å². The third kappa shape index (κ3) is 3.70. The molecule has 110 valence electrons. The molecule has 0 radical (unpaired) electrons. The van der Waals surface area contributed by atoms with Crippen LogP contribution in [0.1, 0.15) is 31.7 Å². The summed E-state index contributed by atoms with van der Waals surface area (Å²) in [6.07, 6.45) is 2.45. The van der Waals surface area contributed by atoms with Crippen molar-refractivity contribution >= 4 is 6.03 Å². The normalized spacial score (nSPS) is 17.4. The molecule has 1 fully saturated rings. The molecule has 2 amide bonds. The molecule has 0 heterocycles. The molecule has 4 nitrogen and oxygen atoms in total. The average molecular weight is 280 g/mol. The summed E-state index contributed by atoms with van der Waals surface area (Å²) in [4.78, 5) is 11.7. The highest BCUT2D eigenvalue weighted by molar-refractivity contribution is 5.74. The van der Waals surface area contributed by atoms with E-state index < -0.39 is 0 Å². The number of carbonyl (C=O) groups excluding carboxylic acids is 1. The highest BCUT2D eigenvalue weighted by atomic mass is 19.1. The van der Waals surface area contributed by atoms with Gasteiger partial charge in [0.1, 0.15) is 5.82 Å². The SMILES string of the molecule is C[C@H](CCO)NC(=O)NCC1(c2cccc(F)c2)CC1. The molecule has 1 aliphatic carbocycles. The van der Waals surface area contributed by atoms with Gasteiger partial charge in [-0.1, -0.05) is 12.1 Å². The van der Waals surface area contributed by atoms with Crippen LogP contribution in [0, 0.1) is 5.82 Å². The Bertz CT molecular complexity index is 475. The number of aliphatic hydroxyl groups is 1. The molecule has 0 bridgehead atoms. The van der Waals surface area contributed by atoms with Crippen molar-refractivity contribution < 1.29 is 14.3 Å². The Hall–Kier alpha value is -1.62. The number of amides is 2. The van der Waals surface area contributed by atoms with Crippen LogP contribution in [0.2, 0.25) is 0 Å². The Morgan fingerprint density at radius 2 is 2.25 bits per heavy atom. The van der Waals surface area contributed by atoms with E-state index in [1.54, 1.807) is 12.1 Å². The molecule has 0 saturated heterocycles. The summed E-state index contributed by atoms with van der Waals surface area (Å²) in [5, 5.41) is 14.4. The van der Waals surface area contributed by atoms with Crippen molar-refractivity contribution in [2.45, 2.75) is 37.6 Å². The van der Waals surface area contributed by atoms with Crippen LogP contribution in [-0.4, -0.2) is 30.3 Å². The molecular formula is C15H21FN2O2. The fourth-order valence-electron chi connectivity index (χ4n) is 2.33. The zero-order valence-electron chi connectivity index (χ0n) is 11.7. The van der Waals surface area contributed by atoms with Crippen LogP contribution in [0.4, 0.5) is 9.18 Å². The van der Waals surface area contributed by atoms with E-state index in [4.69, 9.17) is 5.11 Å². The van der Waals surface area contributed by atoms with E-state index in [-0.39, 0.29) is 29.9 Å². The van der Waals surface area contributed by atoms with Crippen molar-refractivity contribution in [2.75, 3.05) is 13.2 Å². The largest absolute Gasteiger partial charge is 0.396 e. The number of benzene rings is 1. The zero-order chi connectivity index (χ0) is 14.6. The highest BCUT2D eigenvalue weighted by Gasteiger charge is 2.44. The van der Waals surface area contributed by atoms with Gasteiger partial charge in [0.15, 0.2) is 0 Å². The summed E-state index contributed by atoms with van der Waals surface area (Å²) >= 11 is 0. The highest BCUT2D eigenvalue weighted by Crippen LogP contribution is 2.47. The van der Waals surface area contributed by atoms with E-state index in [9.17, 15) is 9.18 Å². The van der Waals surface area contributed by atoms with Gasteiger partial charge in [0.2, 0.25) is 0 Å². The molecule has 3 N–H and O–H groups in total. The number of hydrogen-bond donors (Lipinski definition) is 3. The molecule has 1 aliphatic rings. The molecule has 20 heavy (non-hydrogen) atoms. The summed E-state index contributed by atoms with van der Waals surface area (Å²) in [5.74, 6) is -0.241. The fraction of sp³-hybridized carbons (Fsp3) is 0.533. The van der Waals surface area contributed by atoms with Gasteiger partial charge < -0.3 is 15.7 Å². The number of carbonyl (C=O) groups is 1. The van der Waals surface area contributed by atoms with Gasteiger partial charge in [-0.3, -0.25) is 0 Å². The Morgan fingerprint density at radius 1 is 1.50 bits per heavy atom. The zero-order valence-corrected chi connectivity index (χ0v) is 11.7. The van der Waals surface area contributed by atoms with Gasteiger partial charge in [0.25, 0.3) is 0 Å². The number of hydrogen-bond acceptors (Lipinski definition) is 2. The third-order valence-electron chi connectivity index (χ3n) is 3.82. The van der Waals surface area contributed by atoms with Crippen LogP contribution in [-0.2, 0) is 5.41 Å². The second kappa shape index (κ2) is 6.22. The Morgan fingerprint density at radius 3 is 2.85 bits per heavy atom. The van der Waals surface area contributed by atoms with Gasteiger partial charge in [0, 0.05) is 24.6 Å². The summed E-state index contributed by atoms with van der Waals surface area (Å²) in [6.45, 7) is 2.40. The van der Waals surface area contributed by atoms with Gasteiger partial charge in [-0.25, -0.2) is 9.18 Å². The lowest BCUT2D eigenvalue weighted by atomic mass is 9.96. The van der Waals surface area contributed by atoms with Gasteiger partial charge in [0.05, 0.1) is 0 Å². The van der Waals surface area contributed by atoms with Crippen molar-refractivity contribution in [1.82, 2.24) is 10.6 Å². The maximum atomic E-state index is 13.3. The predicted octanol–water partition coefficient (Wildman–Crippen LogP) is 1.93. The van der Waals surface area contributed by atoms with Crippen LogP contribution < -0.4 is 10.6 Å². The van der Waals surface area contributed by atoms with Gasteiger partial charge in [-0.2, -0.15) is 0 Å². The van der Waals surface area contributed by atoms with Crippen LogP contribution in [0.5, 0.6) is 0 Å². The molecule has 5 heteroatoms. The molecule has 0 unspecified atom stereocenters. The number of urea groups is 1. The monoisotopic (exact) mass is 280 g/mol. The summed E-state index contributed by atoms with van der Waals surface area (Å²) in [5.41, 5.74) is 0.834. The maximum absolute atomic E-state index is 13.3. The van der Waals surface area contributed by atoms with Crippen molar-refractivity contribution in [3.63, 3.8) is 0 Å². The quantitative estimate of drug-likeness (QED) is 0.745. The minimum absolute atomic E-state index is 0.0503. The first kappa shape index (κ1) is 14.8. The number of aliphatic hydroxyl groups excluding tert-OH is 1. The van der Waals surface area contributed by atoms with Crippen molar-refractivity contribution in [3.05, 3.63) is 35.6 Å². The lowest BCUT2D eigenvalue weighted by molar-refractivity contribution is 0.230. The van der Waals surface area contributed by atoms with E-state index in [0.717, 1.165) is 18.4 Å². The molecule has 2 rings (SSSR count). The van der Waals surface area contributed by atoms with E-state index in [1.807, 2.05) is 13.0 Å². The fourth-order valence-corrected chi connectivity index (χ4v) is 2.33. The van der Waals surface area contributed by atoms with Crippen LogP contribution in [0.15, 0.2) is 24.3 Å². The molecule has 1 saturated carbocycles. The second-order valence-corrected chi connectivity index (χ2v) is 5.53. The van der Waals surface area contributed by atoms with Gasteiger partial charge >= 0.3 is 6.03 Å². The lowest BCUT2D eigenvalue weighted by Gasteiger charge is -2.18. The summed E-state index contributed by atoms with van der Waals surface area (Å²) < 4.78 is 13.3. The minimum Gasteiger partial charge on any atom is -0.396 e. The molecular weight excluding hydrogens is 259 g/mol. The van der Waals surface area contributed by atoms with E-state index in [0.29, 0.717) is 13.0 Å². The van der Waals surface area contributed by atoms with Crippen molar-refractivity contribution in [1.29, 1.82) is 0 Å². The van der Waals surface area contributed by atoms with Gasteiger partial charge in [-0.15, -0.1) is 0 Å². The number of nitrogens with one attached hydrogen (secondary N) is 2. The molecule has 1 aromatic carbocycles. The molecule has 0 aliphatic heterocycles. The Balaban J connectivity index is 1.86. The van der Waals surface area contributed by atoms with E-state index in [1.165, 1.54) is 6.07 Å². The topological polar surface area (TPSA) is 61.4 Å². The molecule has 0 aromatic heterocycles. The Kier molecular flexibility index (Phi) is 4.60. The van der Waals surface area contributed by atoms with Crippen LogP contribution >= 0.6 is 0 Å². The standard InChI is InChI=1S/C15H21FN2O2/c1-11(5-8-19)18-14(20)17-10-15(6-7-15)12-3-2-4-13(16)9-12/h2-4,9,11,19H,5-8,10H2,1H3,(H2,17,18,20)/t11-/m1/s1. The first-order valence-corrected chi connectivity index (χ1v) is 6.97. The second-order valence-electron chi connectivity index (χ2n) is 5.53. The van der Waals surface area contributed by atoms with Crippen molar-refractivity contribution in [2.24, 2.45) is 0 Å². The van der Waals surface area contributed by atoms with E-state index in [2.05, 4.69) is 10.6 Å². The number of halogens is 1. The molecule has 0 spiro atoms. The first-order valence-electron chi connectivity index (χ1n) is 6.97. The third-order valence-corrected chi connectivity index (χ3v) is 3.82. The lowest BCUT2D eigenvalue weighted by Crippen LogP contribution is -2.43. The average Bonchev–Trinajstić information content (AvgIpc) is 3.18. The Labute approximate surface area is 118 Å². The van der Waals surface area contributed by atoms with Crippen molar-refractivity contribution in [3.8, 4) is 0 Å². The minimum atomic E-state index is -0.242. The molecule has 1 aromatic rings. The first-order chi connectivity index (χ1) is 9.55. The van der Waals surface area contributed by atoms with E-state index >= 15 is 0 Å². The van der Waals surface area contributed by atoms with Gasteiger partial charge in [-0.05, 0) is 43.9 Å². The predicted molar refractivity (Wildman–Crippen MR) is 75.0 cm³/mol. The van der Waals surface area contributed by atoms with Crippen LogP contribution in [0.25, 0.3) is 0 Å². The number of rotatable bonds is 6. The maximum Gasteiger partial charge on any atom is 0.315 e. The molecule has 1 atom stereocenters. The summed E-state index contributed by atoms with van der Waals surface area (Å²) in [6, 6.07) is 6.27. The summed E-state index contributed by atoms with van der Waals surface area (Å²) in [7, 11) is 0.